The van der Waals surface area contributed by atoms with Gasteiger partial charge in [0.05, 0.1) is 6.54 Å². The molecule has 22 heavy (non-hydrogen) atoms. The van der Waals surface area contributed by atoms with Crippen LogP contribution in [0.1, 0.15) is 51.1 Å². The maximum Gasteiger partial charge on any atom is 0.191 e. The third-order valence-corrected chi connectivity index (χ3v) is 4.88. The molecule has 4 heteroatoms. The van der Waals surface area contributed by atoms with Gasteiger partial charge in [0, 0.05) is 24.2 Å². The monoisotopic (exact) mass is 300 g/mol. The SMILES string of the molecule is CC1CN=C(NCC2(NC(C)c3ccccc3)CCCC2)N1. The number of rotatable bonds is 5. The summed E-state index contributed by atoms with van der Waals surface area (Å²) < 4.78 is 0. The fourth-order valence-electron chi connectivity index (χ4n) is 3.62. The van der Waals surface area contributed by atoms with Crippen LogP contribution in [0.4, 0.5) is 0 Å². The molecule has 2 aliphatic rings. The molecule has 0 amide bonds. The Bertz CT molecular complexity index is 505. The Morgan fingerprint density at radius 1 is 1.27 bits per heavy atom. The normalized spacial score (nSPS) is 24.6. The highest BCUT2D eigenvalue weighted by molar-refractivity contribution is 5.81. The molecule has 0 bridgehead atoms. The number of aliphatic imine (C=N–C) groups is 1. The highest BCUT2D eigenvalue weighted by atomic mass is 15.2. The maximum atomic E-state index is 4.51. The minimum atomic E-state index is 0.186. The van der Waals surface area contributed by atoms with Gasteiger partial charge in [0.25, 0.3) is 0 Å². The maximum absolute atomic E-state index is 4.51. The Kier molecular flexibility index (Phi) is 4.67. The van der Waals surface area contributed by atoms with Crippen molar-refractivity contribution in [3.8, 4) is 0 Å². The van der Waals surface area contributed by atoms with Gasteiger partial charge in [-0.25, -0.2) is 0 Å². The van der Waals surface area contributed by atoms with Crippen molar-refractivity contribution in [1.29, 1.82) is 0 Å². The van der Waals surface area contributed by atoms with Crippen molar-refractivity contribution in [2.24, 2.45) is 4.99 Å². The van der Waals surface area contributed by atoms with Gasteiger partial charge >= 0.3 is 0 Å². The van der Waals surface area contributed by atoms with E-state index < -0.39 is 0 Å². The Morgan fingerprint density at radius 3 is 2.64 bits per heavy atom. The fourth-order valence-corrected chi connectivity index (χ4v) is 3.62. The summed E-state index contributed by atoms with van der Waals surface area (Å²) in [5, 5.41) is 10.8. The van der Waals surface area contributed by atoms with Crippen molar-refractivity contribution in [3.63, 3.8) is 0 Å². The van der Waals surface area contributed by atoms with E-state index in [0.717, 1.165) is 19.0 Å². The van der Waals surface area contributed by atoms with Crippen LogP contribution in [0, 0.1) is 0 Å². The van der Waals surface area contributed by atoms with E-state index in [1.807, 2.05) is 0 Å². The molecule has 1 aliphatic carbocycles. The molecule has 1 saturated carbocycles. The van der Waals surface area contributed by atoms with Gasteiger partial charge in [0.2, 0.25) is 0 Å². The van der Waals surface area contributed by atoms with Gasteiger partial charge in [-0.05, 0) is 32.3 Å². The molecule has 4 nitrogen and oxygen atoms in total. The Hall–Kier alpha value is -1.55. The summed E-state index contributed by atoms with van der Waals surface area (Å²) in [5.41, 5.74) is 1.55. The molecule has 1 aliphatic heterocycles. The van der Waals surface area contributed by atoms with Crippen LogP contribution in [-0.2, 0) is 0 Å². The summed E-state index contributed by atoms with van der Waals surface area (Å²) in [6.45, 7) is 6.26. The van der Waals surface area contributed by atoms with Crippen LogP contribution in [0.3, 0.4) is 0 Å². The van der Waals surface area contributed by atoms with Gasteiger partial charge in [-0.3, -0.25) is 4.99 Å². The van der Waals surface area contributed by atoms with Crippen molar-refractivity contribution in [2.75, 3.05) is 13.1 Å². The van der Waals surface area contributed by atoms with Crippen LogP contribution < -0.4 is 16.0 Å². The minimum absolute atomic E-state index is 0.186. The van der Waals surface area contributed by atoms with E-state index in [-0.39, 0.29) is 5.54 Å². The first-order chi connectivity index (χ1) is 10.7. The number of nitrogens with one attached hydrogen (secondary N) is 3. The van der Waals surface area contributed by atoms with Gasteiger partial charge in [-0.2, -0.15) is 0 Å². The molecule has 3 N–H and O–H groups in total. The summed E-state index contributed by atoms with van der Waals surface area (Å²) >= 11 is 0. The molecule has 0 spiro atoms. The van der Waals surface area contributed by atoms with E-state index in [1.54, 1.807) is 0 Å². The first-order valence-corrected chi connectivity index (χ1v) is 8.54. The zero-order chi connectivity index (χ0) is 15.4. The van der Waals surface area contributed by atoms with Crippen LogP contribution in [0.5, 0.6) is 0 Å². The second-order valence-corrected chi connectivity index (χ2v) is 6.85. The molecule has 2 atom stereocenters. The van der Waals surface area contributed by atoms with E-state index in [1.165, 1.54) is 31.2 Å². The summed E-state index contributed by atoms with van der Waals surface area (Å²) in [6, 6.07) is 11.6. The number of hydrogen-bond donors (Lipinski definition) is 3. The third-order valence-electron chi connectivity index (χ3n) is 4.88. The van der Waals surface area contributed by atoms with Crippen LogP contribution >= 0.6 is 0 Å². The van der Waals surface area contributed by atoms with E-state index in [4.69, 9.17) is 0 Å². The lowest BCUT2D eigenvalue weighted by molar-refractivity contribution is 0.297. The Labute approximate surface area is 133 Å². The van der Waals surface area contributed by atoms with Crippen molar-refractivity contribution < 1.29 is 0 Å². The second kappa shape index (κ2) is 6.69. The molecule has 1 aromatic carbocycles. The summed E-state index contributed by atoms with van der Waals surface area (Å²) in [4.78, 5) is 4.51. The van der Waals surface area contributed by atoms with Crippen LogP contribution in [0.15, 0.2) is 35.3 Å². The Balaban J connectivity index is 1.61. The zero-order valence-electron chi connectivity index (χ0n) is 13.7. The highest BCUT2D eigenvalue weighted by Crippen LogP contribution is 2.31. The Morgan fingerprint density at radius 2 is 2.00 bits per heavy atom. The van der Waals surface area contributed by atoms with E-state index in [2.05, 4.69) is 65.1 Å². The number of guanidine groups is 1. The smallest absolute Gasteiger partial charge is 0.191 e. The summed E-state index contributed by atoms with van der Waals surface area (Å²) in [5.74, 6) is 0.966. The predicted octanol–water partition coefficient (Wildman–Crippen LogP) is 2.59. The number of benzene rings is 1. The molecule has 1 fully saturated rings. The first kappa shape index (κ1) is 15.3. The van der Waals surface area contributed by atoms with Crippen LogP contribution in [0.25, 0.3) is 0 Å². The quantitative estimate of drug-likeness (QED) is 0.783. The zero-order valence-corrected chi connectivity index (χ0v) is 13.7. The molecular formula is C18H28N4. The minimum Gasteiger partial charge on any atom is -0.355 e. The lowest BCUT2D eigenvalue weighted by Crippen LogP contribution is -2.54. The largest absolute Gasteiger partial charge is 0.355 e. The first-order valence-electron chi connectivity index (χ1n) is 8.54. The number of hydrogen-bond acceptors (Lipinski definition) is 4. The van der Waals surface area contributed by atoms with E-state index in [0.29, 0.717) is 12.1 Å². The predicted molar refractivity (Wildman–Crippen MR) is 92.1 cm³/mol. The standard InChI is InChI=1S/C18H28N4/c1-14-12-19-17(21-14)20-13-18(10-6-7-11-18)22-15(2)16-8-4-3-5-9-16/h3-5,8-9,14-15,22H,6-7,10-13H2,1-2H3,(H2,19,20,21). The fraction of sp³-hybridized carbons (Fsp3) is 0.611. The molecule has 0 radical (unpaired) electrons. The van der Waals surface area contributed by atoms with Crippen molar-refractivity contribution >= 4 is 5.96 Å². The topological polar surface area (TPSA) is 48.5 Å². The van der Waals surface area contributed by atoms with Gasteiger partial charge in [-0.15, -0.1) is 0 Å². The molecule has 1 heterocycles. The van der Waals surface area contributed by atoms with Gasteiger partial charge in [0.15, 0.2) is 5.96 Å². The van der Waals surface area contributed by atoms with Crippen molar-refractivity contribution in [2.45, 2.75) is 57.2 Å². The summed E-state index contributed by atoms with van der Waals surface area (Å²) in [6.07, 6.45) is 5.10. The lowest BCUT2D eigenvalue weighted by atomic mass is 9.94. The summed E-state index contributed by atoms with van der Waals surface area (Å²) in [7, 11) is 0. The molecule has 2 unspecified atom stereocenters. The molecule has 0 aromatic heterocycles. The number of nitrogens with zero attached hydrogens (tertiary/aromatic N) is 1. The van der Waals surface area contributed by atoms with Crippen LogP contribution in [0.2, 0.25) is 0 Å². The van der Waals surface area contributed by atoms with Gasteiger partial charge in [-0.1, -0.05) is 43.2 Å². The highest BCUT2D eigenvalue weighted by Gasteiger charge is 2.35. The van der Waals surface area contributed by atoms with Gasteiger partial charge < -0.3 is 16.0 Å². The van der Waals surface area contributed by atoms with E-state index >= 15 is 0 Å². The molecule has 0 saturated heterocycles. The van der Waals surface area contributed by atoms with Crippen molar-refractivity contribution in [3.05, 3.63) is 35.9 Å². The average molecular weight is 300 g/mol. The van der Waals surface area contributed by atoms with E-state index in [9.17, 15) is 0 Å². The third kappa shape index (κ3) is 3.61. The molecule has 120 valence electrons. The van der Waals surface area contributed by atoms with Gasteiger partial charge in [0.1, 0.15) is 0 Å². The van der Waals surface area contributed by atoms with Crippen LogP contribution in [-0.4, -0.2) is 30.6 Å². The van der Waals surface area contributed by atoms with Crippen molar-refractivity contribution in [1.82, 2.24) is 16.0 Å². The average Bonchev–Trinajstić information content (AvgIpc) is 3.16. The second-order valence-electron chi connectivity index (χ2n) is 6.85. The lowest BCUT2D eigenvalue weighted by Gasteiger charge is -2.34. The molecule has 1 aromatic rings. The molecular weight excluding hydrogens is 272 g/mol. The molecule has 3 rings (SSSR count).